The van der Waals surface area contributed by atoms with Crippen LogP contribution in [-0.2, 0) is 24.3 Å². The molecule has 0 aromatic heterocycles. The third kappa shape index (κ3) is 5.62. The van der Waals surface area contributed by atoms with Gasteiger partial charge in [0.2, 0.25) is 15.9 Å². The third-order valence-electron chi connectivity index (χ3n) is 5.25. The first-order chi connectivity index (χ1) is 14.8. The predicted octanol–water partition coefficient (Wildman–Crippen LogP) is 2.59. The number of nitrogens with one attached hydrogen (secondary N) is 1. The zero-order valence-electron chi connectivity index (χ0n) is 17.5. The van der Waals surface area contributed by atoms with Crippen LogP contribution in [0.25, 0.3) is 0 Å². The van der Waals surface area contributed by atoms with Gasteiger partial charge in [-0.25, -0.2) is 13.2 Å². The molecule has 8 nitrogen and oxygen atoms in total. The number of sulfonamides is 1. The molecule has 0 atom stereocenters. The Morgan fingerprint density at radius 2 is 1.77 bits per heavy atom. The number of aryl methyl sites for hydroxylation is 1. The fourth-order valence-corrected chi connectivity index (χ4v) is 4.89. The highest BCUT2D eigenvalue weighted by atomic mass is 32.2. The number of ether oxygens (including phenoxy) is 2. The van der Waals surface area contributed by atoms with Gasteiger partial charge in [0.1, 0.15) is 5.75 Å². The lowest BCUT2D eigenvalue weighted by molar-refractivity contribution is -0.142. The molecule has 2 aromatic carbocycles. The minimum Gasteiger partial charge on any atom is -0.482 e. The van der Waals surface area contributed by atoms with Crippen molar-refractivity contribution in [3.05, 3.63) is 54.1 Å². The molecule has 0 spiro atoms. The van der Waals surface area contributed by atoms with E-state index in [-0.39, 0.29) is 23.3 Å². The summed E-state index contributed by atoms with van der Waals surface area (Å²) in [4.78, 5) is 24.2. The molecule has 1 fully saturated rings. The van der Waals surface area contributed by atoms with Crippen LogP contribution in [0.2, 0.25) is 0 Å². The normalized spacial score (nSPS) is 15.3. The topological polar surface area (TPSA) is 102 Å². The molecular weight excluding hydrogens is 420 g/mol. The molecule has 3 rings (SSSR count). The molecular formula is C22H26N2O6S. The minimum atomic E-state index is -3.54. The summed E-state index contributed by atoms with van der Waals surface area (Å²) in [5, 5.41) is 2.91. The molecule has 0 radical (unpaired) electrons. The molecule has 1 aliphatic heterocycles. The van der Waals surface area contributed by atoms with Crippen molar-refractivity contribution in [1.29, 1.82) is 0 Å². The Balaban J connectivity index is 1.56. The van der Waals surface area contributed by atoms with Gasteiger partial charge in [0, 0.05) is 24.7 Å². The van der Waals surface area contributed by atoms with Crippen LogP contribution in [-0.4, -0.2) is 51.4 Å². The van der Waals surface area contributed by atoms with E-state index in [1.54, 1.807) is 48.5 Å². The lowest BCUT2D eigenvalue weighted by atomic mass is 9.97. The number of carbonyl (C=O) groups excluding carboxylic acids is 2. The number of piperidine rings is 1. The number of methoxy groups -OCH3 is 1. The van der Waals surface area contributed by atoms with Crippen LogP contribution in [0.15, 0.2) is 53.4 Å². The first-order valence-electron chi connectivity index (χ1n) is 9.97. The van der Waals surface area contributed by atoms with Gasteiger partial charge in [-0.3, -0.25) is 4.79 Å². The molecule has 0 bridgehead atoms. The van der Waals surface area contributed by atoms with Crippen LogP contribution in [0.1, 0.15) is 18.4 Å². The summed E-state index contributed by atoms with van der Waals surface area (Å²) < 4.78 is 36.8. The average Bonchev–Trinajstić information content (AvgIpc) is 2.79. The number of hydrogen-bond donors (Lipinski definition) is 1. The summed E-state index contributed by atoms with van der Waals surface area (Å²) in [5.74, 6) is -0.379. The zero-order valence-corrected chi connectivity index (χ0v) is 18.4. The Morgan fingerprint density at radius 3 is 2.39 bits per heavy atom. The van der Waals surface area contributed by atoms with Crippen LogP contribution in [0, 0.1) is 12.8 Å². The van der Waals surface area contributed by atoms with Crippen molar-refractivity contribution in [3.63, 3.8) is 0 Å². The Hall–Kier alpha value is -2.91. The number of carbonyl (C=O) groups is 2. The number of nitrogens with zero attached hydrogens (tertiary/aromatic N) is 1. The second kappa shape index (κ2) is 9.93. The Bertz CT molecular complexity index is 1030. The molecule has 31 heavy (non-hydrogen) atoms. The van der Waals surface area contributed by atoms with E-state index in [9.17, 15) is 18.0 Å². The third-order valence-corrected chi connectivity index (χ3v) is 7.16. The summed E-state index contributed by atoms with van der Waals surface area (Å²) in [7, 11) is -2.25. The van der Waals surface area contributed by atoms with E-state index in [0.29, 0.717) is 37.4 Å². The van der Waals surface area contributed by atoms with Crippen molar-refractivity contribution in [2.75, 3.05) is 32.1 Å². The molecule has 2 aromatic rings. The van der Waals surface area contributed by atoms with Crippen molar-refractivity contribution in [2.45, 2.75) is 24.7 Å². The standard InChI is InChI=1S/C22H26N2O6S/c1-16-14-18(30-15-21(25)29-2)8-9-20(16)23-22(26)17-10-12-24(13-11-17)31(27,28)19-6-4-3-5-7-19/h3-9,14,17H,10-13,15H2,1-2H3,(H,23,26). The van der Waals surface area contributed by atoms with Crippen molar-refractivity contribution in [2.24, 2.45) is 5.92 Å². The van der Waals surface area contributed by atoms with Crippen LogP contribution in [0.5, 0.6) is 5.75 Å². The highest BCUT2D eigenvalue weighted by Gasteiger charge is 2.32. The van der Waals surface area contributed by atoms with E-state index in [1.807, 2.05) is 6.92 Å². The minimum absolute atomic E-state index is 0.136. The zero-order chi connectivity index (χ0) is 22.4. The molecule has 0 unspecified atom stereocenters. The van der Waals surface area contributed by atoms with Crippen LogP contribution >= 0.6 is 0 Å². The maximum absolute atomic E-state index is 12.7. The van der Waals surface area contributed by atoms with Crippen LogP contribution in [0.4, 0.5) is 5.69 Å². The highest BCUT2D eigenvalue weighted by molar-refractivity contribution is 7.89. The molecule has 166 valence electrons. The monoisotopic (exact) mass is 446 g/mol. The molecule has 0 aliphatic carbocycles. The van der Waals surface area contributed by atoms with Gasteiger partial charge in [-0.15, -0.1) is 0 Å². The first kappa shape index (κ1) is 22.8. The van der Waals surface area contributed by atoms with E-state index in [2.05, 4.69) is 10.1 Å². The lowest BCUT2D eigenvalue weighted by Crippen LogP contribution is -2.41. The summed E-state index contributed by atoms with van der Waals surface area (Å²) in [6.45, 7) is 2.24. The van der Waals surface area contributed by atoms with E-state index in [0.717, 1.165) is 5.56 Å². The summed E-state index contributed by atoms with van der Waals surface area (Å²) in [6.07, 6.45) is 0.911. The molecule has 1 N–H and O–H groups in total. The Morgan fingerprint density at radius 1 is 1.10 bits per heavy atom. The van der Waals surface area contributed by atoms with E-state index in [1.165, 1.54) is 11.4 Å². The first-order valence-corrected chi connectivity index (χ1v) is 11.4. The van der Waals surface area contributed by atoms with Crippen molar-refractivity contribution >= 4 is 27.6 Å². The van der Waals surface area contributed by atoms with E-state index in [4.69, 9.17) is 4.74 Å². The Kier molecular flexibility index (Phi) is 7.29. The number of hydrogen-bond acceptors (Lipinski definition) is 6. The molecule has 1 aliphatic rings. The van der Waals surface area contributed by atoms with Gasteiger partial charge in [-0.1, -0.05) is 18.2 Å². The van der Waals surface area contributed by atoms with E-state index < -0.39 is 16.0 Å². The number of benzene rings is 2. The highest BCUT2D eigenvalue weighted by Crippen LogP contribution is 2.26. The average molecular weight is 447 g/mol. The summed E-state index contributed by atoms with van der Waals surface area (Å²) in [5.41, 5.74) is 1.44. The largest absolute Gasteiger partial charge is 0.482 e. The second-order valence-electron chi connectivity index (χ2n) is 7.32. The second-order valence-corrected chi connectivity index (χ2v) is 9.26. The number of esters is 1. The fraction of sp³-hybridized carbons (Fsp3) is 0.364. The number of anilines is 1. The van der Waals surface area contributed by atoms with Gasteiger partial charge in [0.05, 0.1) is 12.0 Å². The maximum Gasteiger partial charge on any atom is 0.343 e. The molecule has 0 saturated carbocycles. The van der Waals surface area contributed by atoms with Crippen molar-refractivity contribution < 1.29 is 27.5 Å². The van der Waals surface area contributed by atoms with Gasteiger partial charge in [0.25, 0.3) is 0 Å². The number of amides is 1. The molecule has 9 heteroatoms. The van der Waals surface area contributed by atoms with E-state index >= 15 is 0 Å². The molecule has 1 saturated heterocycles. The lowest BCUT2D eigenvalue weighted by Gasteiger charge is -2.30. The van der Waals surface area contributed by atoms with Gasteiger partial charge in [-0.2, -0.15) is 4.31 Å². The summed E-state index contributed by atoms with van der Waals surface area (Å²) in [6, 6.07) is 13.4. The van der Waals surface area contributed by atoms with Crippen LogP contribution in [0.3, 0.4) is 0 Å². The van der Waals surface area contributed by atoms with Gasteiger partial charge in [-0.05, 0) is 55.7 Å². The fourth-order valence-electron chi connectivity index (χ4n) is 3.40. The Labute approximate surface area is 182 Å². The smallest absolute Gasteiger partial charge is 0.343 e. The van der Waals surface area contributed by atoms with Gasteiger partial charge in [0.15, 0.2) is 6.61 Å². The maximum atomic E-state index is 12.7. The van der Waals surface area contributed by atoms with Gasteiger partial charge < -0.3 is 14.8 Å². The molecule has 1 amide bonds. The van der Waals surface area contributed by atoms with Crippen molar-refractivity contribution in [3.8, 4) is 5.75 Å². The van der Waals surface area contributed by atoms with Crippen molar-refractivity contribution in [1.82, 2.24) is 4.31 Å². The van der Waals surface area contributed by atoms with Gasteiger partial charge >= 0.3 is 5.97 Å². The molecule has 1 heterocycles. The summed E-state index contributed by atoms with van der Waals surface area (Å²) >= 11 is 0. The quantitative estimate of drug-likeness (QED) is 0.656. The SMILES string of the molecule is COC(=O)COc1ccc(NC(=O)C2CCN(S(=O)(=O)c3ccccc3)CC2)c(C)c1. The predicted molar refractivity (Wildman–Crippen MR) is 115 cm³/mol. The van der Waals surface area contributed by atoms with Crippen LogP contribution < -0.4 is 10.1 Å². The number of rotatable bonds is 7.